The summed E-state index contributed by atoms with van der Waals surface area (Å²) in [6.45, 7) is 8.50. The van der Waals surface area contributed by atoms with E-state index in [1.165, 1.54) is 140 Å². The molecule has 0 aliphatic heterocycles. The smallest absolute Gasteiger partial charge is 0.872 e. The molecule has 0 amide bonds. The first-order valence-corrected chi connectivity index (χ1v) is 19.9. The van der Waals surface area contributed by atoms with Crippen LogP contribution in [0.15, 0.2) is 36.4 Å². The maximum absolute atomic E-state index is 11.8. The third-order valence-corrected chi connectivity index (χ3v) is 9.16. The van der Waals surface area contributed by atoms with Crippen LogP contribution < -0.4 is 32.3 Å². The van der Waals surface area contributed by atoms with E-state index in [0.717, 1.165) is 37.1 Å². The third kappa shape index (κ3) is 27.5. The SMILES string of the molecule is CCCCCCCCCCCCc1ccc([O-])c(CNCCN)c1.CCCCCCCCCCCCc1ccc([O-])c(CNCCN)c1.[Ca+2]. The van der Waals surface area contributed by atoms with Crippen molar-refractivity contribution < 1.29 is 10.2 Å². The van der Waals surface area contributed by atoms with Crippen molar-refractivity contribution in [3.8, 4) is 11.5 Å². The minimum atomic E-state index is 0. The molecule has 2 rings (SSSR count). The molecule has 0 saturated heterocycles. The monoisotopic (exact) mass is 707 g/mol. The molecule has 6 N–H and O–H groups in total. The Hall–Kier alpha value is -0.860. The van der Waals surface area contributed by atoms with Gasteiger partial charge in [0.15, 0.2) is 0 Å². The zero-order valence-corrected chi connectivity index (χ0v) is 34.1. The average molecular weight is 707 g/mol. The van der Waals surface area contributed by atoms with Crippen LogP contribution in [0.3, 0.4) is 0 Å². The summed E-state index contributed by atoms with van der Waals surface area (Å²) in [6.07, 6.45) is 29.4. The molecular formula is C42H74CaN4O2. The summed E-state index contributed by atoms with van der Waals surface area (Å²) in [4.78, 5) is 0. The molecule has 0 bridgehead atoms. The van der Waals surface area contributed by atoms with Gasteiger partial charge < -0.3 is 32.3 Å². The van der Waals surface area contributed by atoms with Gasteiger partial charge in [-0.2, -0.15) is 0 Å². The van der Waals surface area contributed by atoms with Crippen LogP contribution in [-0.4, -0.2) is 63.9 Å². The molecular weight excluding hydrogens is 633 g/mol. The first-order valence-electron chi connectivity index (χ1n) is 19.9. The molecule has 7 heteroatoms. The largest absolute Gasteiger partial charge is 2.00 e. The zero-order chi connectivity index (χ0) is 34.9. The molecule has 0 heterocycles. The fraction of sp³-hybridized carbons (Fsp3) is 0.714. The van der Waals surface area contributed by atoms with E-state index < -0.39 is 0 Å². The maximum Gasteiger partial charge on any atom is 2.00 e. The van der Waals surface area contributed by atoms with Crippen LogP contribution in [-0.2, 0) is 25.9 Å². The van der Waals surface area contributed by atoms with Crippen LogP contribution in [0.25, 0.3) is 0 Å². The Morgan fingerprint density at radius 1 is 0.469 bits per heavy atom. The first kappa shape index (κ1) is 48.1. The van der Waals surface area contributed by atoms with Crippen LogP contribution >= 0.6 is 0 Å². The molecule has 276 valence electrons. The number of rotatable bonds is 30. The number of unbranched alkanes of at least 4 members (excludes halogenated alkanes) is 18. The summed E-state index contributed by atoms with van der Waals surface area (Å²) in [7, 11) is 0. The molecule has 2 aromatic carbocycles. The Kier molecular flexibility index (Phi) is 34.9. The fourth-order valence-electron chi connectivity index (χ4n) is 6.14. The van der Waals surface area contributed by atoms with E-state index in [0.29, 0.717) is 26.2 Å². The molecule has 2 aromatic rings. The van der Waals surface area contributed by atoms with Gasteiger partial charge in [-0.05, 0) is 47.9 Å². The molecule has 0 aliphatic carbocycles. The predicted molar refractivity (Wildman–Crippen MR) is 210 cm³/mol. The molecule has 0 aliphatic rings. The standard InChI is InChI=1S/2C21H38N2O.Ca/c2*1-2-3-4-5-6-7-8-9-10-11-12-19-13-14-21(24)20(17-19)18-23-16-15-22;/h2*13-14,17,23-24H,2-12,15-16,18,22H2,1H3;/q;;+2/p-2. The Labute approximate surface area is 332 Å². The number of nitrogens with one attached hydrogen (secondary N) is 2. The van der Waals surface area contributed by atoms with Gasteiger partial charge in [0.25, 0.3) is 0 Å². The molecule has 0 unspecified atom stereocenters. The minimum Gasteiger partial charge on any atom is -0.872 e. The molecule has 0 spiro atoms. The number of aryl methyl sites for hydroxylation is 2. The maximum atomic E-state index is 11.8. The molecule has 0 radical (unpaired) electrons. The topological polar surface area (TPSA) is 122 Å². The van der Waals surface area contributed by atoms with Gasteiger partial charge in [0.05, 0.1) is 0 Å². The Morgan fingerprint density at radius 2 is 0.776 bits per heavy atom. The summed E-state index contributed by atoms with van der Waals surface area (Å²) >= 11 is 0. The molecule has 49 heavy (non-hydrogen) atoms. The van der Waals surface area contributed by atoms with Gasteiger partial charge in [0.1, 0.15) is 0 Å². The summed E-state index contributed by atoms with van der Waals surface area (Å²) in [6, 6.07) is 11.5. The van der Waals surface area contributed by atoms with Crippen molar-refractivity contribution in [2.75, 3.05) is 26.2 Å². The van der Waals surface area contributed by atoms with Crippen LogP contribution in [0.1, 0.15) is 165 Å². The molecule has 0 aromatic heterocycles. The van der Waals surface area contributed by atoms with Crippen molar-refractivity contribution in [3.05, 3.63) is 58.7 Å². The normalized spacial score (nSPS) is 10.9. The van der Waals surface area contributed by atoms with Gasteiger partial charge in [-0.25, -0.2) is 0 Å². The Balaban J connectivity index is 0.000000922. The van der Waals surface area contributed by atoms with Gasteiger partial charge in [-0.15, -0.1) is 11.5 Å². The second-order valence-electron chi connectivity index (χ2n) is 13.7. The van der Waals surface area contributed by atoms with Crippen molar-refractivity contribution in [2.45, 2.75) is 168 Å². The summed E-state index contributed by atoms with van der Waals surface area (Å²) in [5.74, 6) is 0.262. The van der Waals surface area contributed by atoms with E-state index in [4.69, 9.17) is 11.5 Å². The van der Waals surface area contributed by atoms with Crippen molar-refractivity contribution in [3.63, 3.8) is 0 Å². The van der Waals surface area contributed by atoms with Crippen molar-refractivity contribution in [2.24, 2.45) is 11.5 Å². The van der Waals surface area contributed by atoms with Gasteiger partial charge in [-0.3, -0.25) is 0 Å². The van der Waals surface area contributed by atoms with Crippen LogP contribution in [0, 0.1) is 0 Å². The van der Waals surface area contributed by atoms with Crippen molar-refractivity contribution >= 4 is 37.7 Å². The molecule has 0 fully saturated rings. The molecule has 0 atom stereocenters. The minimum absolute atomic E-state index is 0. The van der Waals surface area contributed by atoms with E-state index in [2.05, 4.69) is 36.6 Å². The summed E-state index contributed by atoms with van der Waals surface area (Å²) in [5.41, 5.74) is 15.2. The van der Waals surface area contributed by atoms with E-state index in [1.54, 1.807) is 12.1 Å². The second kappa shape index (κ2) is 35.5. The Bertz CT molecular complexity index is 927. The Morgan fingerprint density at radius 3 is 1.08 bits per heavy atom. The van der Waals surface area contributed by atoms with E-state index in [9.17, 15) is 10.2 Å². The number of benzene rings is 2. The average Bonchev–Trinajstić information content (AvgIpc) is 3.09. The van der Waals surface area contributed by atoms with Gasteiger partial charge in [-0.1, -0.05) is 166 Å². The predicted octanol–water partition coefficient (Wildman–Crippen LogP) is 8.16. The molecule has 0 saturated carbocycles. The van der Waals surface area contributed by atoms with E-state index >= 15 is 0 Å². The van der Waals surface area contributed by atoms with Crippen LogP contribution in [0.5, 0.6) is 11.5 Å². The second-order valence-corrected chi connectivity index (χ2v) is 13.7. The summed E-state index contributed by atoms with van der Waals surface area (Å²) in [5, 5.41) is 30.1. The molecule has 6 nitrogen and oxygen atoms in total. The fourth-order valence-corrected chi connectivity index (χ4v) is 6.14. The van der Waals surface area contributed by atoms with Crippen LogP contribution in [0.2, 0.25) is 0 Å². The van der Waals surface area contributed by atoms with Gasteiger partial charge >= 0.3 is 37.7 Å². The van der Waals surface area contributed by atoms with Gasteiger partial charge in [0.2, 0.25) is 0 Å². The van der Waals surface area contributed by atoms with Crippen molar-refractivity contribution in [1.29, 1.82) is 0 Å². The van der Waals surface area contributed by atoms with E-state index in [-0.39, 0.29) is 49.2 Å². The van der Waals surface area contributed by atoms with E-state index in [1.807, 2.05) is 12.1 Å². The quantitative estimate of drug-likeness (QED) is 0.0481. The van der Waals surface area contributed by atoms with Crippen molar-refractivity contribution in [1.82, 2.24) is 10.6 Å². The third-order valence-electron chi connectivity index (χ3n) is 9.16. The van der Waals surface area contributed by atoms with Crippen LogP contribution in [0.4, 0.5) is 0 Å². The number of hydrogen-bond acceptors (Lipinski definition) is 6. The number of hydrogen-bond donors (Lipinski definition) is 4. The first-order chi connectivity index (χ1) is 23.5. The van der Waals surface area contributed by atoms with Gasteiger partial charge in [0, 0.05) is 39.3 Å². The number of nitrogens with two attached hydrogens (primary N) is 2. The summed E-state index contributed by atoms with van der Waals surface area (Å²) < 4.78 is 0. The zero-order valence-electron chi connectivity index (χ0n) is 31.9.